The molecule has 0 radical (unpaired) electrons. The zero-order valence-electron chi connectivity index (χ0n) is 18.6. The van der Waals surface area contributed by atoms with Crippen molar-refractivity contribution in [2.75, 3.05) is 7.11 Å². The van der Waals surface area contributed by atoms with Crippen LogP contribution < -0.4 is 10.6 Å². The summed E-state index contributed by atoms with van der Waals surface area (Å²) in [5, 5.41) is 14.7. The summed E-state index contributed by atoms with van der Waals surface area (Å²) in [4.78, 5) is 44.6. The average molecular weight is 466 g/mol. The van der Waals surface area contributed by atoms with Crippen LogP contribution in [-0.2, 0) is 38.5 Å². The second-order valence-electron chi connectivity index (χ2n) is 7.49. The van der Waals surface area contributed by atoms with Crippen molar-refractivity contribution in [2.45, 2.75) is 31.5 Å². The first-order valence-corrected chi connectivity index (χ1v) is 10.5. The number of nitrogens with one attached hydrogen (secondary N) is 3. The van der Waals surface area contributed by atoms with Gasteiger partial charge in [-0.15, -0.1) is 0 Å². The van der Waals surface area contributed by atoms with Crippen LogP contribution in [0.5, 0.6) is 5.75 Å². The van der Waals surface area contributed by atoms with E-state index in [9.17, 15) is 19.5 Å². The molecule has 10 nitrogen and oxygen atoms in total. The number of phenolic OH excluding ortho intramolecular Hbond substituents is 1. The minimum Gasteiger partial charge on any atom is -0.508 e. The zero-order chi connectivity index (χ0) is 24.3. The summed E-state index contributed by atoms with van der Waals surface area (Å²) in [6, 6.07) is 13.3. The number of aromatic amines is 1. The van der Waals surface area contributed by atoms with Gasteiger partial charge in [-0.2, -0.15) is 0 Å². The molecule has 2 atom stereocenters. The van der Waals surface area contributed by atoms with Gasteiger partial charge in [0.2, 0.25) is 5.91 Å². The van der Waals surface area contributed by atoms with Crippen LogP contribution in [0, 0.1) is 0 Å². The number of carbonyl (C=O) groups is 3. The lowest BCUT2D eigenvalue weighted by atomic mass is 10.0. The maximum absolute atomic E-state index is 13.1. The maximum atomic E-state index is 13.1. The van der Waals surface area contributed by atoms with E-state index in [4.69, 9.17) is 9.47 Å². The first-order chi connectivity index (χ1) is 16.4. The fourth-order valence-electron chi connectivity index (χ4n) is 3.21. The Morgan fingerprint density at radius 2 is 1.71 bits per heavy atom. The van der Waals surface area contributed by atoms with E-state index in [1.165, 1.54) is 31.8 Å². The maximum Gasteiger partial charge on any atom is 0.408 e. The summed E-state index contributed by atoms with van der Waals surface area (Å²) in [6.45, 7) is 0.0384. The second-order valence-corrected chi connectivity index (χ2v) is 7.49. The molecule has 0 aliphatic rings. The number of ether oxygens (including phenoxy) is 2. The number of esters is 1. The second kappa shape index (κ2) is 12.0. The molecule has 4 N–H and O–H groups in total. The summed E-state index contributed by atoms with van der Waals surface area (Å²) in [6.07, 6.45) is 2.44. The van der Waals surface area contributed by atoms with Crippen LogP contribution in [0.4, 0.5) is 4.79 Å². The van der Waals surface area contributed by atoms with Gasteiger partial charge in [-0.3, -0.25) is 4.79 Å². The van der Waals surface area contributed by atoms with Crippen LogP contribution in [0.15, 0.2) is 67.1 Å². The molecular formula is C24H26N4O6. The fourth-order valence-corrected chi connectivity index (χ4v) is 3.21. The summed E-state index contributed by atoms with van der Waals surface area (Å²) in [7, 11) is 1.22. The number of aromatic hydroxyl groups is 1. The van der Waals surface area contributed by atoms with Crippen LogP contribution in [0.25, 0.3) is 0 Å². The first-order valence-electron chi connectivity index (χ1n) is 10.5. The molecule has 0 saturated carbocycles. The van der Waals surface area contributed by atoms with Crippen molar-refractivity contribution in [3.05, 3.63) is 83.9 Å². The lowest BCUT2D eigenvalue weighted by Gasteiger charge is -2.22. The van der Waals surface area contributed by atoms with Crippen LogP contribution in [-0.4, -0.2) is 52.2 Å². The monoisotopic (exact) mass is 466 g/mol. The molecule has 0 fully saturated rings. The van der Waals surface area contributed by atoms with E-state index < -0.39 is 30.1 Å². The van der Waals surface area contributed by atoms with Crippen LogP contribution >= 0.6 is 0 Å². The van der Waals surface area contributed by atoms with Crippen molar-refractivity contribution in [3.8, 4) is 5.75 Å². The van der Waals surface area contributed by atoms with Gasteiger partial charge in [-0.1, -0.05) is 42.5 Å². The molecule has 2 amide bonds. The van der Waals surface area contributed by atoms with E-state index in [0.29, 0.717) is 11.3 Å². The molecule has 0 bridgehead atoms. The van der Waals surface area contributed by atoms with Crippen molar-refractivity contribution >= 4 is 18.0 Å². The Morgan fingerprint density at radius 1 is 0.971 bits per heavy atom. The molecule has 1 heterocycles. The molecule has 3 rings (SSSR count). The predicted octanol–water partition coefficient (Wildman–Crippen LogP) is 1.85. The number of alkyl carbamates (subject to hydrolysis) is 1. The van der Waals surface area contributed by atoms with Gasteiger partial charge < -0.3 is 30.2 Å². The summed E-state index contributed by atoms with van der Waals surface area (Å²) in [5.41, 5.74) is 2.11. The number of amides is 2. The smallest absolute Gasteiger partial charge is 0.408 e. The molecule has 178 valence electrons. The van der Waals surface area contributed by atoms with Crippen LogP contribution in [0.2, 0.25) is 0 Å². The predicted molar refractivity (Wildman–Crippen MR) is 122 cm³/mol. The minimum atomic E-state index is -1.05. The van der Waals surface area contributed by atoms with Gasteiger partial charge in [0.25, 0.3) is 0 Å². The van der Waals surface area contributed by atoms with E-state index in [2.05, 4.69) is 20.6 Å². The van der Waals surface area contributed by atoms with Gasteiger partial charge in [-0.05, 0) is 23.3 Å². The van der Waals surface area contributed by atoms with Crippen LogP contribution in [0.3, 0.4) is 0 Å². The number of benzene rings is 2. The van der Waals surface area contributed by atoms with Crippen molar-refractivity contribution in [2.24, 2.45) is 0 Å². The highest BCUT2D eigenvalue weighted by Gasteiger charge is 2.28. The normalized spacial score (nSPS) is 12.3. The van der Waals surface area contributed by atoms with Crippen molar-refractivity contribution in [3.63, 3.8) is 0 Å². The largest absolute Gasteiger partial charge is 0.508 e. The molecule has 0 unspecified atom stereocenters. The first kappa shape index (κ1) is 24.3. The number of aromatic nitrogens is 2. The summed E-state index contributed by atoms with van der Waals surface area (Å²) >= 11 is 0. The minimum absolute atomic E-state index is 0.0384. The third-order valence-electron chi connectivity index (χ3n) is 4.98. The van der Waals surface area contributed by atoms with Gasteiger partial charge in [0.15, 0.2) is 0 Å². The number of hydrogen-bond acceptors (Lipinski definition) is 7. The molecule has 0 saturated heterocycles. The number of H-pyrrole nitrogens is 1. The molecular weight excluding hydrogens is 440 g/mol. The topological polar surface area (TPSA) is 143 Å². The lowest BCUT2D eigenvalue weighted by Crippen LogP contribution is -2.53. The standard InChI is InChI=1S/C24H26N4O6/c1-33-23(31)21(11-16-7-9-19(29)10-8-16)27-22(30)20(12-18-13-25-15-26-18)28-24(32)34-14-17-5-3-2-4-6-17/h2-10,13,15,20-21,29H,11-12,14H2,1H3,(H,25,26)(H,27,30)(H,28,32)/t20-,21+/m1/s1. The molecule has 34 heavy (non-hydrogen) atoms. The van der Waals surface area contributed by atoms with Crippen molar-refractivity contribution in [1.82, 2.24) is 20.6 Å². The van der Waals surface area contributed by atoms with Crippen LogP contribution in [0.1, 0.15) is 16.8 Å². The molecule has 0 spiro atoms. The van der Waals surface area contributed by atoms with Gasteiger partial charge >= 0.3 is 12.1 Å². The number of phenols is 1. The molecule has 2 aromatic carbocycles. The van der Waals surface area contributed by atoms with Gasteiger partial charge in [0.05, 0.1) is 13.4 Å². The van der Waals surface area contributed by atoms with Crippen molar-refractivity contribution < 1.29 is 29.0 Å². The lowest BCUT2D eigenvalue weighted by molar-refractivity contribution is -0.145. The number of rotatable bonds is 10. The SMILES string of the molecule is COC(=O)[C@H](Cc1ccc(O)cc1)NC(=O)[C@@H](Cc1cnc[nH]1)NC(=O)OCc1ccccc1. The molecule has 0 aliphatic carbocycles. The fraction of sp³-hybridized carbons (Fsp3) is 0.250. The van der Waals surface area contributed by atoms with Crippen molar-refractivity contribution in [1.29, 1.82) is 0 Å². The van der Waals surface area contributed by atoms with Gasteiger partial charge in [0.1, 0.15) is 24.4 Å². The Labute approximate surface area is 196 Å². The molecule has 0 aliphatic heterocycles. The molecule has 3 aromatic rings. The van der Waals surface area contributed by atoms with Gasteiger partial charge in [-0.25, -0.2) is 14.6 Å². The molecule has 10 heteroatoms. The molecule has 1 aromatic heterocycles. The van der Waals surface area contributed by atoms with E-state index in [0.717, 1.165) is 5.56 Å². The summed E-state index contributed by atoms with van der Waals surface area (Å²) < 4.78 is 10.1. The number of nitrogens with zero attached hydrogens (tertiary/aromatic N) is 1. The van der Waals surface area contributed by atoms with E-state index in [1.807, 2.05) is 30.3 Å². The third-order valence-corrected chi connectivity index (χ3v) is 4.98. The Morgan fingerprint density at radius 3 is 2.35 bits per heavy atom. The van der Waals surface area contributed by atoms with E-state index in [1.54, 1.807) is 12.1 Å². The Balaban J connectivity index is 1.68. The third kappa shape index (κ3) is 7.37. The summed E-state index contributed by atoms with van der Waals surface area (Å²) in [5.74, 6) is -1.16. The van der Waals surface area contributed by atoms with E-state index in [-0.39, 0.29) is 25.2 Å². The number of carbonyl (C=O) groups excluding carboxylic acids is 3. The quantitative estimate of drug-likeness (QED) is 0.334. The van der Waals surface area contributed by atoms with Gasteiger partial charge in [0, 0.05) is 24.7 Å². The Bertz CT molecular complexity index is 1070. The zero-order valence-corrected chi connectivity index (χ0v) is 18.6. The highest BCUT2D eigenvalue weighted by molar-refractivity contribution is 5.90. The Hall–Kier alpha value is -4.34. The van der Waals surface area contributed by atoms with E-state index >= 15 is 0 Å². The highest BCUT2D eigenvalue weighted by atomic mass is 16.5. The number of methoxy groups -OCH3 is 1. The number of imidazole rings is 1. The highest BCUT2D eigenvalue weighted by Crippen LogP contribution is 2.12. The average Bonchev–Trinajstić information content (AvgIpc) is 3.36. The number of hydrogen-bond donors (Lipinski definition) is 4. The Kier molecular flexibility index (Phi) is 8.61.